The van der Waals surface area contributed by atoms with Crippen LogP contribution in [0.4, 0.5) is 5.95 Å². The highest BCUT2D eigenvalue weighted by atomic mass is 35.5. The molecular formula is C12H10ClN7O. The van der Waals surface area contributed by atoms with Crippen molar-refractivity contribution in [2.75, 3.05) is 12.4 Å². The molecule has 0 saturated carbocycles. The molecule has 0 aliphatic carbocycles. The van der Waals surface area contributed by atoms with Gasteiger partial charge in [0.15, 0.2) is 0 Å². The average molecular weight is 304 g/mol. The van der Waals surface area contributed by atoms with Crippen LogP contribution in [0.1, 0.15) is 0 Å². The molecule has 0 spiro atoms. The molecule has 0 radical (unpaired) electrons. The average Bonchev–Trinajstić information content (AvgIpc) is 2.96. The van der Waals surface area contributed by atoms with Crippen LogP contribution in [-0.2, 0) is 0 Å². The molecule has 2 heterocycles. The maximum Gasteiger partial charge on any atom is 0.343 e. The van der Waals surface area contributed by atoms with E-state index in [-0.39, 0.29) is 17.3 Å². The van der Waals surface area contributed by atoms with Crippen LogP contribution >= 0.6 is 11.6 Å². The summed E-state index contributed by atoms with van der Waals surface area (Å²) in [5.41, 5.74) is 0.865. The standard InChI is InChI=1S/C12H10ClN7O/c1-14-10-16-9(13)17-12(18-10)21-11-15-7-20(19-11)8-5-3-2-4-6-8/h2-7H,1H3,(H,14,16,17,18). The Morgan fingerprint density at radius 1 is 1.10 bits per heavy atom. The van der Waals surface area contributed by atoms with Gasteiger partial charge in [0.25, 0.3) is 0 Å². The van der Waals surface area contributed by atoms with Crippen LogP contribution in [-0.4, -0.2) is 36.8 Å². The summed E-state index contributed by atoms with van der Waals surface area (Å²) in [7, 11) is 1.66. The van der Waals surface area contributed by atoms with E-state index in [0.29, 0.717) is 5.95 Å². The summed E-state index contributed by atoms with van der Waals surface area (Å²) in [5.74, 6) is 0.299. The summed E-state index contributed by atoms with van der Waals surface area (Å²) in [6.07, 6.45) is 1.53. The Hall–Kier alpha value is -2.74. The summed E-state index contributed by atoms with van der Waals surface area (Å²) >= 11 is 5.77. The summed E-state index contributed by atoms with van der Waals surface area (Å²) in [4.78, 5) is 15.7. The van der Waals surface area contributed by atoms with Gasteiger partial charge >= 0.3 is 12.0 Å². The molecular weight excluding hydrogens is 294 g/mol. The quantitative estimate of drug-likeness (QED) is 0.787. The van der Waals surface area contributed by atoms with E-state index in [1.165, 1.54) is 6.33 Å². The Kier molecular flexibility index (Phi) is 3.61. The molecule has 0 saturated heterocycles. The molecule has 0 atom stereocenters. The third-order valence-corrected chi connectivity index (χ3v) is 2.65. The van der Waals surface area contributed by atoms with Crippen molar-refractivity contribution in [3.05, 3.63) is 41.9 Å². The normalized spacial score (nSPS) is 10.4. The minimum absolute atomic E-state index is 0.0187. The number of rotatable bonds is 4. The zero-order valence-electron chi connectivity index (χ0n) is 10.9. The second-order valence-corrected chi connectivity index (χ2v) is 4.21. The fourth-order valence-corrected chi connectivity index (χ4v) is 1.72. The van der Waals surface area contributed by atoms with Gasteiger partial charge in [-0.05, 0) is 23.7 Å². The first-order valence-corrected chi connectivity index (χ1v) is 6.36. The van der Waals surface area contributed by atoms with E-state index in [9.17, 15) is 0 Å². The number of hydrogen-bond donors (Lipinski definition) is 1. The number of ether oxygens (including phenoxy) is 1. The first kappa shape index (κ1) is 13.3. The Balaban J connectivity index is 1.83. The molecule has 3 rings (SSSR count). The highest BCUT2D eigenvalue weighted by molar-refractivity contribution is 6.28. The number of aromatic nitrogens is 6. The van der Waals surface area contributed by atoms with Gasteiger partial charge in [-0.3, -0.25) is 0 Å². The minimum atomic E-state index is 0.0187. The lowest BCUT2D eigenvalue weighted by Crippen LogP contribution is -2.02. The van der Waals surface area contributed by atoms with Crippen molar-refractivity contribution in [3.8, 4) is 17.7 Å². The molecule has 0 aliphatic heterocycles. The number of hydrogen-bond acceptors (Lipinski definition) is 7. The molecule has 0 bridgehead atoms. The van der Waals surface area contributed by atoms with Crippen molar-refractivity contribution in [2.24, 2.45) is 0 Å². The zero-order valence-corrected chi connectivity index (χ0v) is 11.7. The molecule has 0 fully saturated rings. The van der Waals surface area contributed by atoms with Crippen molar-refractivity contribution in [1.82, 2.24) is 29.7 Å². The van der Waals surface area contributed by atoms with Gasteiger partial charge in [0.1, 0.15) is 6.33 Å². The molecule has 0 amide bonds. The fraction of sp³-hybridized carbons (Fsp3) is 0.0833. The van der Waals surface area contributed by atoms with Gasteiger partial charge in [-0.25, -0.2) is 4.68 Å². The van der Waals surface area contributed by atoms with Crippen LogP contribution in [0.5, 0.6) is 12.0 Å². The lowest BCUT2D eigenvalue weighted by atomic mass is 10.3. The Labute approximate surface area is 124 Å². The molecule has 21 heavy (non-hydrogen) atoms. The topological polar surface area (TPSA) is 90.6 Å². The van der Waals surface area contributed by atoms with Gasteiger partial charge in [-0.1, -0.05) is 18.2 Å². The van der Waals surface area contributed by atoms with Crippen molar-refractivity contribution in [1.29, 1.82) is 0 Å². The van der Waals surface area contributed by atoms with Crippen LogP contribution in [0.15, 0.2) is 36.7 Å². The molecule has 1 N–H and O–H groups in total. The van der Waals surface area contributed by atoms with E-state index < -0.39 is 0 Å². The molecule has 8 nitrogen and oxygen atoms in total. The summed E-state index contributed by atoms with van der Waals surface area (Å²) in [6.45, 7) is 0. The number of halogens is 1. The predicted octanol–water partition coefficient (Wildman–Crippen LogP) is 1.94. The van der Waals surface area contributed by atoms with Gasteiger partial charge in [0.2, 0.25) is 11.2 Å². The SMILES string of the molecule is CNc1nc(Cl)nc(Oc2ncn(-c3ccccc3)n2)n1. The molecule has 3 aromatic rings. The van der Waals surface area contributed by atoms with Gasteiger partial charge in [0, 0.05) is 7.05 Å². The van der Waals surface area contributed by atoms with Crippen LogP contribution in [0.3, 0.4) is 0 Å². The third-order valence-electron chi connectivity index (χ3n) is 2.49. The largest absolute Gasteiger partial charge is 0.387 e. The number of nitrogens with zero attached hydrogens (tertiary/aromatic N) is 6. The monoisotopic (exact) mass is 303 g/mol. The molecule has 1 aromatic carbocycles. The minimum Gasteiger partial charge on any atom is -0.387 e. The van der Waals surface area contributed by atoms with E-state index in [1.807, 2.05) is 30.3 Å². The van der Waals surface area contributed by atoms with Gasteiger partial charge in [-0.15, -0.1) is 5.10 Å². The second kappa shape index (κ2) is 5.71. The number of nitrogens with one attached hydrogen (secondary N) is 1. The second-order valence-electron chi connectivity index (χ2n) is 3.87. The van der Waals surface area contributed by atoms with Crippen molar-refractivity contribution in [2.45, 2.75) is 0 Å². The van der Waals surface area contributed by atoms with Crippen LogP contribution in [0.25, 0.3) is 5.69 Å². The summed E-state index contributed by atoms with van der Waals surface area (Å²) in [6, 6.07) is 9.66. The smallest absolute Gasteiger partial charge is 0.343 e. The highest BCUT2D eigenvalue weighted by Gasteiger charge is 2.10. The Bertz CT molecular complexity index is 746. The molecule has 0 unspecified atom stereocenters. The van der Waals surface area contributed by atoms with E-state index in [2.05, 4.69) is 30.4 Å². The zero-order chi connectivity index (χ0) is 14.7. The number of para-hydroxylation sites is 1. The third kappa shape index (κ3) is 3.06. The molecule has 0 aliphatic rings. The van der Waals surface area contributed by atoms with Gasteiger partial charge < -0.3 is 10.1 Å². The van der Waals surface area contributed by atoms with Crippen molar-refractivity contribution >= 4 is 17.5 Å². The van der Waals surface area contributed by atoms with E-state index in [1.54, 1.807) is 11.7 Å². The number of anilines is 1. The highest BCUT2D eigenvalue weighted by Crippen LogP contribution is 2.17. The maximum atomic E-state index is 5.77. The summed E-state index contributed by atoms with van der Waals surface area (Å²) < 4.78 is 6.95. The van der Waals surface area contributed by atoms with Crippen molar-refractivity contribution in [3.63, 3.8) is 0 Å². The van der Waals surface area contributed by atoms with E-state index >= 15 is 0 Å². The maximum absolute atomic E-state index is 5.77. The molecule has 9 heteroatoms. The van der Waals surface area contributed by atoms with Crippen LogP contribution in [0, 0.1) is 0 Å². The first-order chi connectivity index (χ1) is 10.2. The lowest BCUT2D eigenvalue weighted by molar-refractivity contribution is 0.405. The lowest BCUT2D eigenvalue weighted by Gasteiger charge is -2.02. The predicted molar refractivity (Wildman–Crippen MR) is 75.8 cm³/mol. The van der Waals surface area contributed by atoms with Crippen LogP contribution in [0.2, 0.25) is 5.28 Å². The first-order valence-electron chi connectivity index (χ1n) is 5.99. The molecule has 2 aromatic heterocycles. The van der Waals surface area contributed by atoms with Crippen molar-refractivity contribution < 1.29 is 4.74 Å². The van der Waals surface area contributed by atoms with Gasteiger partial charge in [-0.2, -0.15) is 19.9 Å². The Morgan fingerprint density at radius 3 is 2.67 bits per heavy atom. The van der Waals surface area contributed by atoms with E-state index in [0.717, 1.165) is 5.69 Å². The number of benzene rings is 1. The van der Waals surface area contributed by atoms with E-state index in [4.69, 9.17) is 16.3 Å². The summed E-state index contributed by atoms with van der Waals surface area (Å²) in [5, 5.41) is 6.95. The molecule has 106 valence electrons. The van der Waals surface area contributed by atoms with Crippen LogP contribution < -0.4 is 10.1 Å². The Morgan fingerprint density at radius 2 is 1.90 bits per heavy atom. The van der Waals surface area contributed by atoms with Gasteiger partial charge in [0.05, 0.1) is 5.69 Å². The fourth-order valence-electron chi connectivity index (χ4n) is 1.57.